The lowest BCUT2D eigenvalue weighted by molar-refractivity contribution is -0.277. The third-order valence-electron chi connectivity index (χ3n) is 5.14. The van der Waals surface area contributed by atoms with Gasteiger partial charge >= 0.3 is 5.63 Å². The zero-order valence-electron chi connectivity index (χ0n) is 16.0. The molecular formula is C20H18F2O9. The second-order valence-electron chi connectivity index (χ2n) is 6.96. The average molecular weight is 440 g/mol. The summed E-state index contributed by atoms with van der Waals surface area (Å²) in [5, 5.41) is 38.6. The Bertz CT molecular complexity index is 1190. The highest BCUT2D eigenvalue weighted by Crippen LogP contribution is 2.37. The minimum Gasteiger partial charge on any atom is -0.496 e. The molecule has 5 atom stereocenters. The van der Waals surface area contributed by atoms with E-state index in [0.717, 1.165) is 0 Å². The van der Waals surface area contributed by atoms with E-state index >= 15 is 8.78 Å². The highest BCUT2D eigenvalue weighted by Gasteiger charge is 2.45. The Hall–Kier alpha value is -2.83. The molecule has 0 saturated carbocycles. The van der Waals surface area contributed by atoms with Crippen molar-refractivity contribution in [2.75, 3.05) is 13.7 Å². The Balaban J connectivity index is 1.85. The second-order valence-corrected chi connectivity index (χ2v) is 6.96. The molecule has 1 fully saturated rings. The maximum atomic E-state index is 15.2. The van der Waals surface area contributed by atoms with Crippen LogP contribution in [0.1, 0.15) is 0 Å². The number of aliphatic hydroxyl groups is 4. The summed E-state index contributed by atoms with van der Waals surface area (Å²) in [6.45, 7) is -0.736. The number of fused-ring (bicyclic) bond motifs is 3. The van der Waals surface area contributed by atoms with Crippen molar-refractivity contribution in [2.45, 2.75) is 30.7 Å². The van der Waals surface area contributed by atoms with Gasteiger partial charge in [0.15, 0.2) is 11.3 Å². The molecule has 31 heavy (non-hydrogen) atoms. The van der Waals surface area contributed by atoms with E-state index in [-0.39, 0.29) is 21.9 Å². The number of ether oxygens (including phenoxy) is 3. The molecule has 166 valence electrons. The molecule has 0 spiro atoms. The summed E-state index contributed by atoms with van der Waals surface area (Å²) in [4.78, 5) is 12.3. The molecule has 2 aromatic carbocycles. The van der Waals surface area contributed by atoms with Crippen molar-refractivity contribution in [3.05, 3.63) is 46.3 Å². The largest absolute Gasteiger partial charge is 0.496 e. The van der Waals surface area contributed by atoms with Crippen molar-refractivity contribution in [3.8, 4) is 11.5 Å². The lowest BCUT2D eigenvalue weighted by atomic mass is 9.99. The van der Waals surface area contributed by atoms with E-state index < -0.39 is 65.9 Å². The Labute approximate surface area is 172 Å². The molecule has 4 N–H and O–H groups in total. The maximum absolute atomic E-state index is 15.2. The fraction of sp³-hybridized carbons (Fsp3) is 0.350. The molecular weight excluding hydrogens is 422 g/mol. The zero-order chi connectivity index (χ0) is 22.4. The standard InChI is InChI=1S/C20H18F2O9/c1-28-9-4-2-3-7-12(9)13-8(21)5-10(14(22)18(13)31-19(7)27)29-20-17(26)16(25)15(24)11(6-23)30-20/h2-5,11,15-17,20,23-26H,6H2,1H3/t11-,15-,16+,17-,20-/m1/s1. The van der Waals surface area contributed by atoms with Crippen molar-refractivity contribution in [2.24, 2.45) is 0 Å². The molecule has 4 rings (SSSR count). The van der Waals surface area contributed by atoms with Crippen LogP contribution in [0, 0.1) is 11.6 Å². The Morgan fingerprint density at radius 1 is 1.06 bits per heavy atom. The summed E-state index contributed by atoms with van der Waals surface area (Å²) in [5.74, 6) is -2.95. The van der Waals surface area contributed by atoms with Crippen LogP contribution in [0.4, 0.5) is 8.78 Å². The minimum atomic E-state index is -1.85. The first-order chi connectivity index (χ1) is 14.8. The smallest absolute Gasteiger partial charge is 0.344 e. The minimum absolute atomic E-state index is 0.00652. The molecule has 0 bridgehead atoms. The van der Waals surface area contributed by atoms with E-state index in [4.69, 9.17) is 18.6 Å². The fourth-order valence-corrected chi connectivity index (χ4v) is 3.56. The summed E-state index contributed by atoms with van der Waals surface area (Å²) in [6, 6.07) is 5.00. The van der Waals surface area contributed by atoms with Gasteiger partial charge < -0.3 is 39.1 Å². The van der Waals surface area contributed by atoms with E-state index in [0.29, 0.717) is 6.07 Å². The molecule has 9 nitrogen and oxygen atoms in total. The number of rotatable bonds is 4. The first kappa shape index (κ1) is 21.4. The number of halogens is 2. The average Bonchev–Trinajstić information content (AvgIpc) is 2.76. The van der Waals surface area contributed by atoms with E-state index in [1.54, 1.807) is 0 Å². The van der Waals surface area contributed by atoms with Crippen LogP contribution in [-0.4, -0.2) is 64.8 Å². The normalized spacial score (nSPS) is 26.4. The third-order valence-corrected chi connectivity index (χ3v) is 5.14. The zero-order valence-corrected chi connectivity index (χ0v) is 16.0. The summed E-state index contributed by atoms with van der Waals surface area (Å²) in [7, 11) is 1.31. The number of hydrogen-bond donors (Lipinski definition) is 4. The number of hydrogen-bond acceptors (Lipinski definition) is 9. The highest BCUT2D eigenvalue weighted by molar-refractivity contribution is 6.08. The van der Waals surface area contributed by atoms with E-state index in [2.05, 4.69) is 0 Å². The van der Waals surface area contributed by atoms with E-state index in [9.17, 15) is 25.2 Å². The van der Waals surface area contributed by atoms with Crippen LogP contribution in [0.5, 0.6) is 11.5 Å². The molecule has 2 heterocycles. The van der Waals surface area contributed by atoms with Gasteiger partial charge in [-0.3, -0.25) is 0 Å². The molecule has 0 radical (unpaired) electrons. The van der Waals surface area contributed by atoms with E-state index in [1.165, 1.54) is 25.3 Å². The van der Waals surface area contributed by atoms with E-state index in [1.807, 2.05) is 0 Å². The Morgan fingerprint density at radius 3 is 2.48 bits per heavy atom. The molecule has 3 aromatic rings. The van der Waals surface area contributed by atoms with Crippen LogP contribution in [0.25, 0.3) is 21.7 Å². The Kier molecular flexibility index (Phi) is 5.54. The molecule has 0 unspecified atom stereocenters. The van der Waals surface area contributed by atoms with Crippen molar-refractivity contribution in [3.63, 3.8) is 0 Å². The van der Waals surface area contributed by atoms with Crippen LogP contribution in [0.2, 0.25) is 0 Å². The predicted molar refractivity (Wildman–Crippen MR) is 101 cm³/mol. The van der Waals surface area contributed by atoms with Crippen molar-refractivity contribution in [1.82, 2.24) is 0 Å². The molecule has 0 amide bonds. The van der Waals surface area contributed by atoms with Crippen LogP contribution in [0.3, 0.4) is 0 Å². The third kappa shape index (κ3) is 3.40. The monoisotopic (exact) mass is 440 g/mol. The summed E-state index contributed by atoms with van der Waals surface area (Å²) < 4.78 is 50.7. The predicted octanol–water partition coefficient (Wildman–Crippen LogP) is 0.412. The fourth-order valence-electron chi connectivity index (χ4n) is 3.56. The van der Waals surface area contributed by atoms with Crippen LogP contribution in [0.15, 0.2) is 33.5 Å². The van der Waals surface area contributed by atoms with Gasteiger partial charge in [0.05, 0.1) is 24.5 Å². The van der Waals surface area contributed by atoms with Gasteiger partial charge in [-0.05, 0) is 12.1 Å². The lowest BCUT2D eigenvalue weighted by Gasteiger charge is -2.39. The van der Waals surface area contributed by atoms with Gasteiger partial charge in [0.2, 0.25) is 12.1 Å². The molecule has 1 aliphatic heterocycles. The van der Waals surface area contributed by atoms with Crippen LogP contribution in [-0.2, 0) is 4.74 Å². The quantitative estimate of drug-likeness (QED) is 0.336. The SMILES string of the molecule is COc1cccc2c(=O)oc3c(F)c(O[C@@H]4O[C@H](CO)[C@@H](O)[C@H](O)[C@H]4O)cc(F)c3c12. The topological polar surface area (TPSA) is 139 Å². The van der Waals surface area contributed by atoms with Crippen molar-refractivity contribution < 1.29 is 47.8 Å². The maximum Gasteiger partial charge on any atom is 0.344 e. The van der Waals surface area contributed by atoms with Gasteiger partial charge in [0, 0.05) is 11.5 Å². The van der Waals surface area contributed by atoms with Crippen LogP contribution < -0.4 is 15.1 Å². The van der Waals surface area contributed by atoms with Gasteiger partial charge in [-0.1, -0.05) is 6.07 Å². The van der Waals surface area contributed by atoms with Gasteiger partial charge in [-0.15, -0.1) is 0 Å². The first-order valence-corrected chi connectivity index (χ1v) is 9.17. The molecule has 1 aliphatic rings. The number of benzene rings is 2. The summed E-state index contributed by atoms with van der Waals surface area (Å²) >= 11 is 0. The Morgan fingerprint density at radius 2 is 1.81 bits per heavy atom. The lowest BCUT2D eigenvalue weighted by Crippen LogP contribution is -2.60. The number of methoxy groups -OCH3 is 1. The molecule has 1 aromatic heterocycles. The van der Waals surface area contributed by atoms with Crippen LogP contribution >= 0.6 is 0 Å². The first-order valence-electron chi connectivity index (χ1n) is 9.17. The second kappa shape index (κ2) is 8.02. The van der Waals surface area contributed by atoms with Crippen molar-refractivity contribution in [1.29, 1.82) is 0 Å². The van der Waals surface area contributed by atoms with Gasteiger partial charge in [-0.2, -0.15) is 4.39 Å². The summed E-state index contributed by atoms with van der Waals surface area (Å²) in [6.07, 6.45) is -8.36. The molecule has 0 aliphatic carbocycles. The van der Waals surface area contributed by atoms with Gasteiger partial charge in [0.25, 0.3) is 0 Å². The summed E-state index contributed by atoms with van der Waals surface area (Å²) in [5.41, 5.74) is -1.69. The molecule has 11 heteroatoms. The highest BCUT2D eigenvalue weighted by atomic mass is 19.1. The molecule has 1 saturated heterocycles. The van der Waals surface area contributed by atoms with Gasteiger partial charge in [-0.25, -0.2) is 9.18 Å². The van der Waals surface area contributed by atoms with Crippen molar-refractivity contribution >= 4 is 21.7 Å². The number of aliphatic hydroxyl groups excluding tert-OH is 4. The van der Waals surface area contributed by atoms with Gasteiger partial charge in [0.1, 0.15) is 36.0 Å².